The van der Waals surface area contributed by atoms with Crippen molar-refractivity contribution in [2.24, 2.45) is 0 Å². The first kappa shape index (κ1) is 12.5. The van der Waals surface area contributed by atoms with Crippen LogP contribution in [0.25, 0.3) is 0 Å². The highest BCUT2D eigenvalue weighted by molar-refractivity contribution is 5.89. The Morgan fingerprint density at radius 2 is 1.65 bits per heavy atom. The molecule has 1 aromatic carbocycles. The summed E-state index contributed by atoms with van der Waals surface area (Å²) >= 11 is 0. The number of carbonyl (C=O) groups excluding carboxylic acids is 1. The van der Waals surface area contributed by atoms with Crippen molar-refractivity contribution in [1.82, 2.24) is 0 Å². The number of rotatable bonds is 3. The lowest BCUT2D eigenvalue weighted by atomic mass is 10.2. The van der Waals surface area contributed by atoms with E-state index in [2.05, 4.69) is 5.32 Å². The third-order valence-electron chi connectivity index (χ3n) is 1.75. The Balaban J connectivity index is 3.41. The number of hydrogen-bond donors (Lipinski definition) is 1. The molecule has 0 saturated carbocycles. The van der Waals surface area contributed by atoms with Crippen LogP contribution in [-0.2, 0) is 4.79 Å². The van der Waals surface area contributed by atoms with E-state index in [0.717, 1.165) is 6.92 Å². The second kappa shape index (κ2) is 4.51. The monoisotopic (exact) mass is 243 g/mol. The molecule has 0 aromatic heterocycles. The van der Waals surface area contributed by atoms with Crippen LogP contribution >= 0.6 is 0 Å². The van der Waals surface area contributed by atoms with E-state index in [4.69, 9.17) is 0 Å². The van der Waals surface area contributed by atoms with Crippen LogP contribution in [0.3, 0.4) is 0 Å². The van der Waals surface area contributed by atoms with Gasteiger partial charge in [-0.1, -0.05) is 0 Å². The highest BCUT2D eigenvalue weighted by atomic mass is 19.1. The summed E-state index contributed by atoms with van der Waals surface area (Å²) in [6, 6.07) is 1.42. The van der Waals surface area contributed by atoms with Crippen LogP contribution in [0.2, 0.25) is 0 Å². The average Bonchev–Trinajstić information content (AvgIpc) is 2.18. The SMILES string of the molecule is CC(=O)Nc1cc([N+](=O)[O-])c(F)c([N+](=O)[O-])c1. The second-order valence-electron chi connectivity index (χ2n) is 3.02. The van der Waals surface area contributed by atoms with Gasteiger partial charge in [0.05, 0.1) is 15.5 Å². The second-order valence-corrected chi connectivity index (χ2v) is 3.02. The standard InChI is InChI=1S/C8H6FN3O5/c1-4(13)10-5-2-6(11(14)15)8(9)7(3-5)12(16)17/h2-3H,1H3,(H,10,13). The summed E-state index contributed by atoms with van der Waals surface area (Å²) in [6.45, 7) is 1.11. The van der Waals surface area contributed by atoms with E-state index < -0.39 is 32.9 Å². The fraction of sp³-hybridized carbons (Fsp3) is 0.125. The minimum absolute atomic E-state index is 0.211. The molecule has 0 aliphatic rings. The Morgan fingerprint density at radius 1 is 1.24 bits per heavy atom. The quantitative estimate of drug-likeness (QED) is 0.639. The molecule has 0 spiro atoms. The van der Waals surface area contributed by atoms with Gasteiger partial charge in [0.1, 0.15) is 0 Å². The number of nitrogens with zero attached hydrogens (tertiary/aromatic N) is 2. The number of amides is 1. The molecule has 9 heteroatoms. The van der Waals surface area contributed by atoms with E-state index in [9.17, 15) is 29.4 Å². The third kappa shape index (κ3) is 2.71. The highest BCUT2D eigenvalue weighted by Crippen LogP contribution is 2.30. The van der Waals surface area contributed by atoms with Crippen molar-refractivity contribution >= 4 is 23.0 Å². The van der Waals surface area contributed by atoms with Crippen LogP contribution in [0.5, 0.6) is 0 Å². The smallest absolute Gasteiger partial charge is 0.314 e. The van der Waals surface area contributed by atoms with Crippen LogP contribution in [0, 0.1) is 26.0 Å². The van der Waals surface area contributed by atoms with Gasteiger partial charge in [-0.15, -0.1) is 0 Å². The van der Waals surface area contributed by atoms with Crippen LogP contribution in [0.15, 0.2) is 12.1 Å². The van der Waals surface area contributed by atoms with Gasteiger partial charge in [0, 0.05) is 19.1 Å². The maximum absolute atomic E-state index is 13.3. The maximum Gasteiger partial charge on any atom is 0.314 e. The largest absolute Gasteiger partial charge is 0.326 e. The first-order valence-corrected chi connectivity index (χ1v) is 4.23. The molecule has 0 aliphatic heterocycles. The Kier molecular flexibility index (Phi) is 3.31. The molecule has 8 nitrogen and oxygen atoms in total. The zero-order valence-corrected chi connectivity index (χ0v) is 8.47. The number of anilines is 1. The van der Waals surface area contributed by atoms with Crippen molar-refractivity contribution in [2.45, 2.75) is 6.92 Å². The molecule has 1 rings (SSSR count). The van der Waals surface area contributed by atoms with Crippen molar-refractivity contribution in [3.63, 3.8) is 0 Å². The van der Waals surface area contributed by atoms with Gasteiger partial charge in [-0.2, -0.15) is 4.39 Å². The summed E-state index contributed by atoms with van der Waals surface area (Å²) in [7, 11) is 0. The van der Waals surface area contributed by atoms with Gasteiger partial charge in [-0.3, -0.25) is 25.0 Å². The van der Waals surface area contributed by atoms with Gasteiger partial charge in [-0.25, -0.2) is 0 Å². The predicted octanol–water partition coefficient (Wildman–Crippen LogP) is 1.60. The van der Waals surface area contributed by atoms with Gasteiger partial charge in [0.25, 0.3) is 5.82 Å². The third-order valence-corrected chi connectivity index (χ3v) is 1.75. The Labute approximate surface area is 93.3 Å². The number of halogens is 1. The first-order valence-electron chi connectivity index (χ1n) is 4.23. The minimum Gasteiger partial charge on any atom is -0.326 e. The summed E-state index contributed by atoms with van der Waals surface area (Å²) in [6.07, 6.45) is 0. The van der Waals surface area contributed by atoms with Gasteiger partial charge in [0.2, 0.25) is 5.91 Å². The maximum atomic E-state index is 13.3. The van der Waals surface area contributed by atoms with Crippen LogP contribution in [0.4, 0.5) is 21.5 Å². The highest BCUT2D eigenvalue weighted by Gasteiger charge is 2.27. The number of nitro groups is 2. The van der Waals surface area contributed by atoms with Gasteiger partial charge in [0.15, 0.2) is 0 Å². The van der Waals surface area contributed by atoms with E-state index in [1.165, 1.54) is 0 Å². The first-order chi connectivity index (χ1) is 7.82. The molecular weight excluding hydrogens is 237 g/mol. The lowest BCUT2D eigenvalue weighted by Gasteiger charge is -2.02. The molecule has 0 atom stereocenters. The van der Waals surface area contributed by atoms with Crippen LogP contribution in [0.1, 0.15) is 6.92 Å². The van der Waals surface area contributed by atoms with E-state index in [0.29, 0.717) is 12.1 Å². The minimum atomic E-state index is -1.55. The fourth-order valence-electron chi connectivity index (χ4n) is 1.14. The number of hydrogen-bond acceptors (Lipinski definition) is 5. The number of nitro benzene ring substituents is 2. The summed E-state index contributed by atoms with van der Waals surface area (Å²) in [4.78, 5) is 29.4. The van der Waals surface area contributed by atoms with Gasteiger partial charge >= 0.3 is 11.4 Å². The zero-order valence-electron chi connectivity index (χ0n) is 8.47. The van der Waals surface area contributed by atoms with Crippen molar-refractivity contribution in [3.05, 3.63) is 38.2 Å². The van der Waals surface area contributed by atoms with Gasteiger partial charge < -0.3 is 5.32 Å². The Bertz CT molecular complexity index is 481. The van der Waals surface area contributed by atoms with Crippen LogP contribution in [-0.4, -0.2) is 15.8 Å². The van der Waals surface area contributed by atoms with E-state index in [1.807, 2.05) is 0 Å². The molecule has 0 bridgehead atoms. The lowest BCUT2D eigenvalue weighted by molar-refractivity contribution is -0.399. The van der Waals surface area contributed by atoms with E-state index >= 15 is 0 Å². The topological polar surface area (TPSA) is 115 Å². The molecule has 0 aliphatic carbocycles. The van der Waals surface area contributed by atoms with Crippen molar-refractivity contribution in [3.8, 4) is 0 Å². The molecule has 1 N–H and O–H groups in total. The van der Waals surface area contributed by atoms with Crippen LogP contribution < -0.4 is 5.32 Å². The van der Waals surface area contributed by atoms with Crippen molar-refractivity contribution in [2.75, 3.05) is 5.32 Å². The molecule has 0 saturated heterocycles. The number of nitrogens with one attached hydrogen (secondary N) is 1. The fourth-order valence-corrected chi connectivity index (χ4v) is 1.14. The molecular formula is C8H6FN3O5. The zero-order chi connectivity index (χ0) is 13.2. The summed E-state index contributed by atoms with van der Waals surface area (Å²) in [5.74, 6) is -2.13. The summed E-state index contributed by atoms with van der Waals surface area (Å²) < 4.78 is 13.3. The average molecular weight is 243 g/mol. The normalized spacial score (nSPS) is 9.76. The predicted molar refractivity (Wildman–Crippen MR) is 54.0 cm³/mol. The van der Waals surface area contributed by atoms with E-state index in [1.54, 1.807) is 0 Å². The molecule has 90 valence electrons. The summed E-state index contributed by atoms with van der Waals surface area (Å²) in [5.41, 5.74) is -2.34. The molecule has 0 heterocycles. The number of benzene rings is 1. The Hall–Kier alpha value is -2.58. The molecule has 1 amide bonds. The Morgan fingerprint density at radius 3 is 1.94 bits per heavy atom. The van der Waals surface area contributed by atoms with Crippen molar-refractivity contribution < 1.29 is 19.0 Å². The molecule has 0 unspecified atom stereocenters. The molecule has 17 heavy (non-hydrogen) atoms. The molecule has 0 fully saturated rings. The lowest BCUT2D eigenvalue weighted by Crippen LogP contribution is -2.08. The summed E-state index contributed by atoms with van der Waals surface area (Å²) in [5, 5.41) is 23.0. The van der Waals surface area contributed by atoms with Crippen molar-refractivity contribution in [1.29, 1.82) is 0 Å². The molecule has 0 radical (unpaired) electrons. The van der Waals surface area contributed by atoms with Gasteiger partial charge in [-0.05, 0) is 0 Å². The molecule has 1 aromatic rings. The van der Waals surface area contributed by atoms with E-state index in [-0.39, 0.29) is 5.69 Å². The number of carbonyl (C=O) groups is 1.